The molecule has 0 aliphatic heterocycles. The van der Waals surface area contributed by atoms with Crippen LogP contribution in [0.3, 0.4) is 0 Å². The van der Waals surface area contributed by atoms with Crippen LogP contribution < -0.4 is 5.48 Å². The number of nitrogens with one attached hydrogen (secondary N) is 1. The first kappa shape index (κ1) is 15.1. The van der Waals surface area contributed by atoms with E-state index in [-0.39, 0.29) is 12.2 Å². The highest BCUT2D eigenvalue weighted by Gasteiger charge is 2.11. The van der Waals surface area contributed by atoms with Crippen LogP contribution in [0.2, 0.25) is 0 Å². The normalized spacial score (nSPS) is 10.9. The summed E-state index contributed by atoms with van der Waals surface area (Å²) in [5, 5.41) is 0.781. The van der Waals surface area contributed by atoms with Crippen molar-refractivity contribution in [2.24, 2.45) is 0 Å². The molecule has 0 saturated carbocycles. The molecule has 0 unspecified atom stereocenters. The Morgan fingerprint density at radius 2 is 2.13 bits per heavy atom. The van der Waals surface area contributed by atoms with Crippen molar-refractivity contribution in [2.75, 3.05) is 7.11 Å². The Hall–Kier alpha value is -2.80. The molecule has 0 aliphatic rings. The number of hydroxylamine groups is 1. The zero-order valence-corrected chi connectivity index (χ0v) is 12.2. The van der Waals surface area contributed by atoms with Crippen LogP contribution >= 0.6 is 0 Å². The Balaban J connectivity index is 1.92. The highest BCUT2D eigenvalue weighted by atomic mass is 19.1. The number of hydrogen-bond donors (Lipinski definition) is 1. The maximum atomic E-state index is 13.8. The third-order valence-electron chi connectivity index (χ3n) is 3.44. The van der Waals surface area contributed by atoms with E-state index < -0.39 is 17.5 Å². The van der Waals surface area contributed by atoms with Gasteiger partial charge >= 0.3 is 0 Å². The van der Waals surface area contributed by atoms with Crippen LogP contribution in [0.4, 0.5) is 8.78 Å². The minimum atomic E-state index is -0.612. The monoisotopic (exact) mass is 317 g/mol. The van der Waals surface area contributed by atoms with Crippen molar-refractivity contribution in [2.45, 2.75) is 6.54 Å². The Bertz CT molecular complexity index is 877. The number of carbonyl (C=O) groups is 1. The van der Waals surface area contributed by atoms with E-state index in [1.54, 1.807) is 22.9 Å². The minimum absolute atomic E-state index is 0.213. The molecule has 0 bridgehead atoms. The molecular weight excluding hydrogens is 304 g/mol. The Labute approximate surface area is 130 Å². The van der Waals surface area contributed by atoms with Crippen molar-refractivity contribution in [3.05, 3.63) is 65.6 Å². The number of rotatable bonds is 4. The van der Waals surface area contributed by atoms with Gasteiger partial charge in [0, 0.05) is 23.2 Å². The van der Waals surface area contributed by atoms with Crippen molar-refractivity contribution in [1.29, 1.82) is 0 Å². The molecule has 2 aromatic heterocycles. The number of amides is 1. The highest BCUT2D eigenvalue weighted by molar-refractivity contribution is 5.95. The average molecular weight is 317 g/mol. The average Bonchev–Trinajstić information content (AvgIpc) is 2.92. The molecule has 7 heteroatoms. The first-order valence-electron chi connectivity index (χ1n) is 6.80. The topological polar surface area (TPSA) is 56.1 Å². The van der Waals surface area contributed by atoms with E-state index in [9.17, 15) is 13.6 Å². The SMILES string of the molecule is CONC(=O)c1cc2ccn(Cc3ccc(F)cc3F)c2cn1. The molecule has 0 aliphatic carbocycles. The zero-order valence-electron chi connectivity index (χ0n) is 12.2. The van der Waals surface area contributed by atoms with Gasteiger partial charge in [0.15, 0.2) is 0 Å². The fraction of sp³-hybridized carbons (Fsp3) is 0.125. The molecule has 0 fully saturated rings. The number of fused-ring (bicyclic) bond motifs is 1. The number of hydrogen-bond acceptors (Lipinski definition) is 3. The van der Waals surface area contributed by atoms with Crippen molar-refractivity contribution < 1.29 is 18.4 Å². The minimum Gasteiger partial charge on any atom is -0.342 e. The summed E-state index contributed by atoms with van der Waals surface area (Å²) in [4.78, 5) is 20.3. The van der Waals surface area contributed by atoms with Gasteiger partial charge in [-0.1, -0.05) is 6.07 Å². The van der Waals surface area contributed by atoms with Gasteiger partial charge in [-0.05, 0) is 18.2 Å². The lowest BCUT2D eigenvalue weighted by Gasteiger charge is -2.07. The van der Waals surface area contributed by atoms with Crippen molar-refractivity contribution in [3.63, 3.8) is 0 Å². The van der Waals surface area contributed by atoms with E-state index in [0.717, 1.165) is 17.0 Å². The summed E-state index contributed by atoms with van der Waals surface area (Å²) < 4.78 is 28.5. The maximum Gasteiger partial charge on any atom is 0.293 e. The molecule has 1 N–H and O–H groups in total. The van der Waals surface area contributed by atoms with E-state index in [1.165, 1.54) is 25.4 Å². The van der Waals surface area contributed by atoms with Crippen LogP contribution in [0.1, 0.15) is 16.1 Å². The van der Waals surface area contributed by atoms with Gasteiger partial charge in [0.05, 0.1) is 25.4 Å². The fourth-order valence-corrected chi connectivity index (χ4v) is 2.33. The molecule has 2 heterocycles. The summed E-state index contributed by atoms with van der Waals surface area (Å²) in [5.74, 6) is -1.67. The van der Waals surface area contributed by atoms with E-state index in [4.69, 9.17) is 0 Å². The summed E-state index contributed by atoms with van der Waals surface area (Å²) in [6.45, 7) is 0.237. The van der Waals surface area contributed by atoms with Crippen LogP contribution in [-0.4, -0.2) is 22.6 Å². The van der Waals surface area contributed by atoms with Crippen LogP contribution in [-0.2, 0) is 11.4 Å². The van der Waals surface area contributed by atoms with Gasteiger partial charge in [-0.25, -0.2) is 19.2 Å². The molecular formula is C16H13F2N3O2. The lowest BCUT2D eigenvalue weighted by atomic mass is 10.2. The number of benzene rings is 1. The Morgan fingerprint density at radius 1 is 1.30 bits per heavy atom. The predicted molar refractivity (Wildman–Crippen MR) is 79.7 cm³/mol. The zero-order chi connectivity index (χ0) is 16.4. The number of aromatic nitrogens is 2. The number of nitrogens with zero attached hydrogens (tertiary/aromatic N) is 2. The van der Waals surface area contributed by atoms with E-state index >= 15 is 0 Å². The van der Waals surface area contributed by atoms with E-state index in [0.29, 0.717) is 5.56 Å². The quantitative estimate of drug-likeness (QED) is 0.753. The first-order chi connectivity index (χ1) is 11.1. The summed E-state index contributed by atoms with van der Waals surface area (Å²) in [7, 11) is 1.34. The van der Waals surface area contributed by atoms with Crippen LogP contribution in [0.5, 0.6) is 0 Å². The van der Waals surface area contributed by atoms with Crippen LogP contribution in [0.15, 0.2) is 42.7 Å². The summed E-state index contributed by atoms with van der Waals surface area (Å²) >= 11 is 0. The van der Waals surface area contributed by atoms with Gasteiger partial charge < -0.3 is 4.57 Å². The predicted octanol–water partition coefficient (Wildman–Crippen LogP) is 2.65. The van der Waals surface area contributed by atoms with Crippen molar-refractivity contribution >= 4 is 16.8 Å². The summed E-state index contributed by atoms with van der Waals surface area (Å²) in [5.41, 5.74) is 3.51. The third kappa shape index (κ3) is 3.04. The number of carbonyl (C=O) groups excluding carboxylic acids is 1. The molecule has 3 rings (SSSR count). The molecule has 23 heavy (non-hydrogen) atoms. The summed E-state index contributed by atoms with van der Waals surface area (Å²) in [6.07, 6.45) is 3.29. The van der Waals surface area contributed by atoms with Crippen LogP contribution in [0.25, 0.3) is 10.9 Å². The molecule has 0 radical (unpaired) electrons. The van der Waals surface area contributed by atoms with Crippen molar-refractivity contribution in [3.8, 4) is 0 Å². The lowest BCUT2D eigenvalue weighted by molar-refractivity contribution is 0.0532. The fourth-order valence-electron chi connectivity index (χ4n) is 2.33. The second-order valence-electron chi connectivity index (χ2n) is 4.94. The van der Waals surface area contributed by atoms with E-state index in [1.807, 2.05) is 0 Å². The molecule has 0 atom stereocenters. The Morgan fingerprint density at radius 3 is 2.87 bits per heavy atom. The van der Waals surface area contributed by atoms with Gasteiger partial charge in [0.1, 0.15) is 17.3 Å². The van der Waals surface area contributed by atoms with Gasteiger partial charge in [0.2, 0.25) is 0 Å². The van der Waals surface area contributed by atoms with Gasteiger partial charge in [-0.15, -0.1) is 0 Å². The largest absolute Gasteiger partial charge is 0.342 e. The first-order valence-corrected chi connectivity index (χ1v) is 6.80. The third-order valence-corrected chi connectivity index (χ3v) is 3.44. The Kier molecular flexibility index (Phi) is 4.03. The van der Waals surface area contributed by atoms with Crippen LogP contribution in [0, 0.1) is 11.6 Å². The molecule has 118 valence electrons. The smallest absolute Gasteiger partial charge is 0.293 e. The van der Waals surface area contributed by atoms with Gasteiger partial charge in [-0.3, -0.25) is 9.63 Å². The highest BCUT2D eigenvalue weighted by Crippen LogP contribution is 2.19. The number of halogens is 2. The second-order valence-corrected chi connectivity index (χ2v) is 4.94. The van der Waals surface area contributed by atoms with Gasteiger partial charge in [0.25, 0.3) is 5.91 Å². The van der Waals surface area contributed by atoms with E-state index in [2.05, 4.69) is 15.3 Å². The molecule has 5 nitrogen and oxygen atoms in total. The molecule has 0 saturated heterocycles. The lowest BCUT2D eigenvalue weighted by Crippen LogP contribution is -2.22. The standard InChI is InChI=1S/C16H13F2N3O2/c1-23-20-16(22)14-6-10-4-5-21(15(10)8-19-14)9-11-2-3-12(17)7-13(11)18/h2-8H,9H2,1H3,(H,20,22). The number of pyridine rings is 1. The maximum absolute atomic E-state index is 13.8. The molecule has 1 aromatic carbocycles. The van der Waals surface area contributed by atoms with Gasteiger partial charge in [-0.2, -0.15) is 0 Å². The molecule has 3 aromatic rings. The molecule has 0 spiro atoms. The summed E-state index contributed by atoms with van der Waals surface area (Å²) in [6, 6.07) is 6.88. The van der Waals surface area contributed by atoms with Crippen molar-refractivity contribution in [1.82, 2.24) is 15.0 Å². The molecule has 1 amide bonds. The second kappa shape index (κ2) is 6.13.